The maximum Gasteiger partial charge on any atom is 0.351 e. The fourth-order valence-electron chi connectivity index (χ4n) is 4.92. The van der Waals surface area contributed by atoms with Crippen molar-refractivity contribution in [3.63, 3.8) is 0 Å². The summed E-state index contributed by atoms with van der Waals surface area (Å²) in [6.45, 7) is 7.75. The summed E-state index contributed by atoms with van der Waals surface area (Å²) in [5, 5.41) is 25.9. The van der Waals surface area contributed by atoms with Crippen molar-refractivity contribution in [2.45, 2.75) is 57.3 Å². The molecule has 9 nitrogen and oxygen atoms in total. The highest BCUT2D eigenvalue weighted by atomic mass is 28.4. The highest BCUT2D eigenvalue weighted by molar-refractivity contribution is 6.99. The summed E-state index contributed by atoms with van der Waals surface area (Å²) in [7, 11) is -2.90. The molecule has 1 fully saturated rings. The minimum absolute atomic E-state index is 0.00810. The number of nitrogens with one attached hydrogen (secondary N) is 1. The Kier molecular flexibility index (Phi) is 7.76. The summed E-state index contributed by atoms with van der Waals surface area (Å²) in [4.78, 5) is 27.7. The van der Waals surface area contributed by atoms with Crippen LogP contribution in [0.25, 0.3) is 0 Å². The zero-order valence-electron chi connectivity index (χ0n) is 21.4. The molecule has 2 aromatic carbocycles. The minimum atomic E-state index is -2.90. The van der Waals surface area contributed by atoms with E-state index in [4.69, 9.17) is 9.16 Å². The van der Waals surface area contributed by atoms with E-state index in [1.807, 2.05) is 36.4 Å². The summed E-state index contributed by atoms with van der Waals surface area (Å²) < 4.78 is 13.9. The molecule has 0 spiro atoms. The lowest BCUT2D eigenvalue weighted by Crippen LogP contribution is -2.67. The smallest absolute Gasteiger partial charge is 0.351 e. The Labute approximate surface area is 216 Å². The van der Waals surface area contributed by atoms with Gasteiger partial charge in [0.1, 0.15) is 24.1 Å². The Bertz CT molecular complexity index is 1240. The third-order valence-corrected chi connectivity index (χ3v) is 11.6. The number of carbonyl (C=O) groups is 1. The van der Waals surface area contributed by atoms with Crippen LogP contribution in [0.2, 0.25) is 5.04 Å². The molecule has 1 amide bonds. The van der Waals surface area contributed by atoms with Crippen LogP contribution in [-0.4, -0.2) is 58.9 Å². The Morgan fingerprint density at radius 2 is 1.59 bits per heavy atom. The molecule has 0 bridgehead atoms. The quantitative estimate of drug-likeness (QED) is 0.400. The number of nitrogens with zero attached hydrogens (tertiary/aromatic N) is 2. The topological polar surface area (TPSA) is 123 Å². The zero-order chi connectivity index (χ0) is 26.8. The van der Waals surface area contributed by atoms with Gasteiger partial charge >= 0.3 is 5.69 Å². The van der Waals surface area contributed by atoms with Gasteiger partial charge < -0.3 is 24.7 Å². The summed E-state index contributed by atoms with van der Waals surface area (Å²) in [6.07, 6.45) is -3.34. The molecule has 0 aliphatic carbocycles. The second-order valence-electron chi connectivity index (χ2n) is 10.2. The Morgan fingerprint density at radius 3 is 2.08 bits per heavy atom. The Hall–Kier alpha value is -3.15. The minimum Gasteiger partial charge on any atom is -0.405 e. The molecule has 4 rings (SSSR count). The first-order chi connectivity index (χ1) is 17.5. The first-order valence-electron chi connectivity index (χ1n) is 12.2. The number of amides is 1. The number of aromatic nitrogens is 2. The van der Waals surface area contributed by atoms with Gasteiger partial charge in [0.25, 0.3) is 8.32 Å². The molecule has 1 aliphatic heterocycles. The number of ether oxygens (including phenoxy) is 1. The third kappa shape index (κ3) is 5.29. The van der Waals surface area contributed by atoms with Crippen molar-refractivity contribution in [1.82, 2.24) is 9.55 Å². The van der Waals surface area contributed by atoms with Gasteiger partial charge in [0.05, 0.1) is 6.61 Å². The van der Waals surface area contributed by atoms with Crippen molar-refractivity contribution in [3.05, 3.63) is 83.4 Å². The molecular weight excluding hydrogens is 490 g/mol. The summed E-state index contributed by atoms with van der Waals surface area (Å²) >= 11 is 0. The lowest BCUT2D eigenvalue weighted by molar-refractivity contribution is -0.114. The molecule has 37 heavy (non-hydrogen) atoms. The fourth-order valence-corrected chi connectivity index (χ4v) is 9.49. The van der Waals surface area contributed by atoms with Crippen molar-refractivity contribution in [1.29, 1.82) is 0 Å². The van der Waals surface area contributed by atoms with Crippen LogP contribution in [0.5, 0.6) is 0 Å². The van der Waals surface area contributed by atoms with E-state index < -0.39 is 38.5 Å². The van der Waals surface area contributed by atoms with Crippen LogP contribution in [0.15, 0.2) is 77.7 Å². The van der Waals surface area contributed by atoms with Crippen molar-refractivity contribution in [3.8, 4) is 0 Å². The van der Waals surface area contributed by atoms with Gasteiger partial charge in [-0.2, -0.15) is 4.98 Å². The van der Waals surface area contributed by atoms with Gasteiger partial charge in [-0.15, -0.1) is 0 Å². The van der Waals surface area contributed by atoms with Crippen LogP contribution < -0.4 is 21.4 Å². The van der Waals surface area contributed by atoms with Crippen LogP contribution in [0, 0.1) is 0 Å². The molecule has 1 aliphatic rings. The number of benzene rings is 2. The zero-order valence-corrected chi connectivity index (χ0v) is 22.4. The fraction of sp³-hybridized carbons (Fsp3) is 0.370. The van der Waals surface area contributed by atoms with Gasteiger partial charge in [0.2, 0.25) is 5.91 Å². The second kappa shape index (κ2) is 10.7. The number of anilines is 1. The summed E-state index contributed by atoms with van der Waals surface area (Å²) in [5.74, 6) is -0.272. The number of hydrogen-bond donors (Lipinski definition) is 3. The number of aliphatic hydroxyl groups excluding tert-OH is 2. The average molecular weight is 524 g/mol. The standard InChI is InChI=1S/C27H33N3O6Si/c1-18(31)28-22-15-16-30(26(34)29-22)25-24(33)23(32)21(36-25)17-35-37(27(2,3)4,19-11-7-5-8-12-19)20-13-9-6-10-14-20/h5-16,21,23-25,32-33H,17H2,1-4H3,(H,28,29,31,34)/t21-,23-,24-,25-/m1/s1. The number of carbonyl (C=O) groups excluding carboxylic acids is 1. The highest BCUT2D eigenvalue weighted by Crippen LogP contribution is 2.38. The van der Waals surface area contributed by atoms with Crippen LogP contribution in [0.3, 0.4) is 0 Å². The lowest BCUT2D eigenvalue weighted by atomic mass is 10.1. The Morgan fingerprint density at radius 1 is 1.03 bits per heavy atom. The Balaban J connectivity index is 1.64. The van der Waals surface area contributed by atoms with E-state index in [9.17, 15) is 19.8 Å². The highest BCUT2D eigenvalue weighted by Gasteiger charge is 2.52. The number of hydrogen-bond acceptors (Lipinski definition) is 7. The van der Waals surface area contributed by atoms with E-state index in [1.54, 1.807) is 0 Å². The molecule has 10 heteroatoms. The molecule has 2 heterocycles. The largest absolute Gasteiger partial charge is 0.405 e. The van der Waals surface area contributed by atoms with Crippen LogP contribution in [0.4, 0.5) is 5.82 Å². The molecule has 196 valence electrons. The van der Waals surface area contributed by atoms with E-state index >= 15 is 0 Å². The van der Waals surface area contributed by atoms with E-state index in [-0.39, 0.29) is 23.4 Å². The van der Waals surface area contributed by atoms with Crippen molar-refractivity contribution < 1.29 is 24.2 Å². The monoisotopic (exact) mass is 523 g/mol. The maximum absolute atomic E-state index is 12.6. The lowest BCUT2D eigenvalue weighted by Gasteiger charge is -2.43. The van der Waals surface area contributed by atoms with E-state index in [0.717, 1.165) is 14.9 Å². The molecule has 3 N–H and O–H groups in total. The van der Waals surface area contributed by atoms with Gasteiger partial charge in [-0.25, -0.2) is 4.79 Å². The molecule has 0 radical (unpaired) electrons. The van der Waals surface area contributed by atoms with Gasteiger partial charge in [0, 0.05) is 13.1 Å². The van der Waals surface area contributed by atoms with Gasteiger partial charge in [0.15, 0.2) is 6.23 Å². The number of rotatable bonds is 7. The van der Waals surface area contributed by atoms with Crippen molar-refractivity contribution in [2.24, 2.45) is 0 Å². The predicted octanol–water partition coefficient (Wildman–Crippen LogP) is 1.40. The first kappa shape index (κ1) is 26.9. The predicted molar refractivity (Wildman–Crippen MR) is 142 cm³/mol. The summed E-state index contributed by atoms with van der Waals surface area (Å²) in [6, 6.07) is 21.6. The maximum atomic E-state index is 12.6. The van der Waals surface area contributed by atoms with E-state index in [0.29, 0.717) is 0 Å². The van der Waals surface area contributed by atoms with Crippen molar-refractivity contribution >= 4 is 30.4 Å². The molecule has 0 unspecified atom stereocenters. The van der Waals surface area contributed by atoms with Crippen LogP contribution >= 0.6 is 0 Å². The molecule has 1 aromatic heterocycles. The SMILES string of the molecule is CC(=O)Nc1ccn([C@@H]2O[C@H](CO[Si](c3ccccc3)(c3ccccc3)C(C)(C)C)[C@@H](O)[C@H]2O)c(=O)n1. The van der Waals surface area contributed by atoms with Crippen LogP contribution in [0.1, 0.15) is 33.9 Å². The molecule has 0 saturated carbocycles. The van der Waals surface area contributed by atoms with E-state index in [2.05, 4.69) is 55.3 Å². The normalized spacial score (nSPS) is 22.1. The van der Waals surface area contributed by atoms with Crippen molar-refractivity contribution in [2.75, 3.05) is 11.9 Å². The van der Waals surface area contributed by atoms with E-state index in [1.165, 1.54) is 19.2 Å². The first-order valence-corrected chi connectivity index (χ1v) is 14.1. The molecule has 1 saturated heterocycles. The number of aliphatic hydroxyl groups is 2. The van der Waals surface area contributed by atoms with Crippen LogP contribution in [-0.2, 0) is 14.0 Å². The second-order valence-corrected chi connectivity index (χ2v) is 14.5. The molecular formula is C27H33N3O6Si. The average Bonchev–Trinajstić information content (AvgIpc) is 3.13. The molecule has 4 atom stereocenters. The van der Waals surface area contributed by atoms with Gasteiger partial charge in [-0.3, -0.25) is 9.36 Å². The molecule has 3 aromatic rings. The summed E-state index contributed by atoms with van der Waals surface area (Å²) in [5.41, 5.74) is -0.726. The third-order valence-electron chi connectivity index (χ3n) is 6.63. The van der Waals surface area contributed by atoms with Gasteiger partial charge in [-0.05, 0) is 21.5 Å². The van der Waals surface area contributed by atoms with Gasteiger partial charge in [-0.1, -0.05) is 81.4 Å².